The highest BCUT2D eigenvalue weighted by Crippen LogP contribution is 2.37. The van der Waals surface area contributed by atoms with E-state index in [9.17, 15) is 0 Å². The van der Waals surface area contributed by atoms with Crippen molar-refractivity contribution in [1.29, 1.82) is 0 Å². The number of hydrogen-bond acceptors (Lipinski definition) is 4. The fourth-order valence-corrected chi connectivity index (χ4v) is 5.95. The lowest BCUT2D eigenvalue weighted by molar-refractivity contribution is -0.0138. The maximum Gasteiger partial charge on any atom is 0.170 e. The smallest absolute Gasteiger partial charge is 0.170 e. The second-order valence-electron chi connectivity index (χ2n) is 10.0. The van der Waals surface area contributed by atoms with Gasteiger partial charge in [0.2, 0.25) is 0 Å². The zero-order valence-electron chi connectivity index (χ0n) is 19.1. The quantitative estimate of drug-likeness (QED) is 0.653. The fraction of sp³-hybridized carbons (Fsp3) is 0.600. The largest absolute Gasteiger partial charge is 0.361 e. The molecule has 1 aromatic heterocycles. The summed E-state index contributed by atoms with van der Waals surface area (Å²) in [6.07, 6.45) is 9.17. The Bertz CT molecular complexity index is 874. The van der Waals surface area contributed by atoms with Gasteiger partial charge in [-0.2, -0.15) is 5.10 Å². The number of thiocarbonyl (C=S) groups is 1. The van der Waals surface area contributed by atoms with Crippen LogP contribution < -0.4 is 10.6 Å². The van der Waals surface area contributed by atoms with E-state index < -0.39 is 0 Å². The van der Waals surface area contributed by atoms with Crippen molar-refractivity contribution in [3.05, 3.63) is 42.7 Å². The van der Waals surface area contributed by atoms with Gasteiger partial charge >= 0.3 is 0 Å². The van der Waals surface area contributed by atoms with Gasteiger partial charge in [0.25, 0.3) is 0 Å². The monoisotopic (exact) mass is 452 g/mol. The molecule has 0 radical (unpaired) electrons. The van der Waals surface area contributed by atoms with E-state index in [0.717, 1.165) is 35.7 Å². The Balaban J connectivity index is 1.07. The van der Waals surface area contributed by atoms with Gasteiger partial charge in [-0.15, -0.1) is 0 Å². The number of rotatable bonds is 6. The summed E-state index contributed by atoms with van der Waals surface area (Å²) < 4.78 is 1.85. The van der Waals surface area contributed by atoms with E-state index in [2.05, 4.69) is 32.5 Å². The minimum atomic E-state index is 0.605. The van der Waals surface area contributed by atoms with Crippen LogP contribution in [0.3, 0.4) is 0 Å². The normalized spacial score (nSPS) is 28.5. The fourth-order valence-electron chi connectivity index (χ4n) is 5.75. The molecule has 2 N–H and O–H groups in total. The number of piperidine rings is 4. The summed E-state index contributed by atoms with van der Waals surface area (Å²) in [5, 5.41) is 11.8. The molecule has 2 aromatic rings. The van der Waals surface area contributed by atoms with E-state index >= 15 is 0 Å². The molecule has 1 aromatic carbocycles. The topological polar surface area (TPSA) is 48.4 Å². The number of nitrogens with one attached hydrogen (secondary N) is 2. The molecule has 2 bridgehead atoms. The number of nitrogens with zero attached hydrogens (tertiary/aromatic N) is 4. The van der Waals surface area contributed by atoms with Gasteiger partial charge in [0.05, 0.1) is 5.69 Å². The van der Waals surface area contributed by atoms with Crippen LogP contribution in [0.5, 0.6) is 0 Å². The van der Waals surface area contributed by atoms with Crippen molar-refractivity contribution in [2.45, 2.75) is 38.6 Å². The SMILES string of the molecule is CC1CCN(C[C@H]2CN3CC[C@H]2C[C@@H]3CNC(=S)Nc2ccc(-n3cccn3)cc2)CC1. The molecule has 7 heteroatoms. The number of benzene rings is 1. The minimum Gasteiger partial charge on any atom is -0.361 e. The molecular formula is C25H36N6S. The third kappa shape index (κ3) is 5.16. The molecule has 32 heavy (non-hydrogen) atoms. The van der Waals surface area contributed by atoms with Crippen molar-refractivity contribution in [2.75, 3.05) is 44.6 Å². The highest BCUT2D eigenvalue weighted by molar-refractivity contribution is 7.80. The first-order valence-corrected chi connectivity index (χ1v) is 12.7. The zero-order valence-corrected chi connectivity index (χ0v) is 19.9. The predicted molar refractivity (Wildman–Crippen MR) is 134 cm³/mol. The second kappa shape index (κ2) is 9.89. The number of hydrogen-bond donors (Lipinski definition) is 2. The van der Waals surface area contributed by atoms with E-state index in [1.54, 1.807) is 6.20 Å². The zero-order chi connectivity index (χ0) is 21.9. The highest BCUT2D eigenvalue weighted by atomic mass is 32.1. The molecule has 5 heterocycles. The number of fused-ring (bicyclic) bond motifs is 3. The highest BCUT2D eigenvalue weighted by Gasteiger charge is 2.40. The van der Waals surface area contributed by atoms with Gasteiger partial charge in [0, 0.05) is 43.8 Å². The Morgan fingerprint density at radius 2 is 1.94 bits per heavy atom. The number of anilines is 1. The van der Waals surface area contributed by atoms with Crippen LogP contribution in [0.25, 0.3) is 5.69 Å². The average molecular weight is 453 g/mol. The maximum atomic E-state index is 5.58. The first-order chi connectivity index (χ1) is 15.6. The molecule has 172 valence electrons. The van der Waals surface area contributed by atoms with Crippen LogP contribution in [0.15, 0.2) is 42.7 Å². The van der Waals surface area contributed by atoms with Gasteiger partial charge in [-0.05, 0) is 106 Å². The summed E-state index contributed by atoms with van der Waals surface area (Å²) in [6.45, 7) is 9.76. The van der Waals surface area contributed by atoms with Crippen molar-refractivity contribution < 1.29 is 0 Å². The van der Waals surface area contributed by atoms with Gasteiger partial charge in [0.15, 0.2) is 5.11 Å². The lowest BCUT2D eigenvalue weighted by atomic mass is 9.75. The standard InChI is InChI=1S/C25H36N6S/c1-19-7-12-29(13-8-19)17-21-18-30-14-9-20(21)15-24(30)16-26-25(32)28-22-3-5-23(6-4-22)31-11-2-10-27-31/h2-6,10-11,19-21,24H,7-9,12-18H2,1H3,(H2,26,28,32)/t20-,21-,24+/m0/s1. The third-order valence-corrected chi connectivity index (χ3v) is 8.02. The average Bonchev–Trinajstić information content (AvgIpc) is 3.35. The molecule has 6 nitrogen and oxygen atoms in total. The predicted octanol–water partition coefficient (Wildman–Crippen LogP) is 3.60. The van der Waals surface area contributed by atoms with Crippen molar-refractivity contribution in [2.24, 2.45) is 17.8 Å². The molecular weight excluding hydrogens is 416 g/mol. The molecule has 4 fully saturated rings. The van der Waals surface area contributed by atoms with Crippen LogP contribution in [0, 0.1) is 17.8 Å². The van der Waals surface area contributed by atoms with Crippen LogP contribution >= 0.6 is 12.2 Å². The molecule has 4 aliphatic rings. The van der Waals surface area contributed by atoms with Crippen LogP contribution in [0.2, 0.25) is 0 Å². The Morgan fingerprint density at radius 3 is 2.62 bits per heavy atom. The lowest BCUT2D eigenvalue weighted by Crippen LogP contribution is -2.58. The van der Waals surface area contributed by atoms with Crippen LogP contribution in [-0.2, 0) is 0 Å². The van der Waals surface area contributed by atoms with Crippen molar-refractivity contribution in [3.63, 3.8) is 0 Å². The molecule has 4 atom stereocenters. The first kappa shape index (κ1) is 21.9. The van der Waals surface area contributed by atoms with Crippen molar-refractivity contribution >= 4 is 23.0 Å². The Hall–Kier alpha value is -1.96. The maximum absolute atomic E-state index is 5.58. The molecule has 0 aliphatic carbocycles. The van der Waals surface area contributed by atoms with Gasteiger partial charge in [-0.1, -0.05) is 6.92 Å². The van der Waals surface area contributed by atoms with Gasteiger partial charge in [0.1, 0.15) is 0 Å². The summed E-state index contributed by atoms with van der Waals surface area (Å²) in [7, 11) is 0. The van der Waals surface area contributed by atoms with Gasteiger partial charge in [-0.3, -0.25) is 4.90 Å². The Kier molecular flexibility index (Phi) is 6.76. The van der Waals surface area contributed by atoms with E-state index in [0.29, 0.717) is 11.2 Å². The molecule has 4 aliphatic heterocycles. The molecule has 0 amide bonds. The second-order valence-corrected chi connectivity index (χ2v) is 10.4. The van der Waals surface area contributed by atoms with Crippen LogP contribution in [0.1, 0.15) is 32.6 Å². The first-order valence-electron chi connectivity index (χ1n) is 12.3. The molecule has 6 rings (SSSR count). The number of likely N-dealkylation sites (tertiary alicyclic amines) is 1. The number of aromatic nitrogens is 2. The lowest BCUT2D eigenvalue weighted by Gasteiger charge is -2.51. The Morgan fingerprint density at radius 1 is 1.12 bits per heavy atom. The van der Waals surface area contributed by atoms with E-state index in [4.69, 9.17) is 12.2 Å². The van der Waals surface area contributed by atoms with E-state index in [1.165, 1.54) is 58.4 Å². The molecule has 0 saturated carbocycles. The molecule has 1 unspecified atom stereocenters. The summed E-state index contributed by atoms with van der Waals surface area (Å²) in [6, 6.07) is 10.7. The van der Waals surface area contributed by atoms with Crippen molar-refractivity contribution in [3.8, 4) is 5.69 Å². The van der Waals surface area contributed by atoms with Crippen LogP contribution in [0.4, 0.5) is 5.69 Å². The van der Waals surface area contributed by atoms with Crippen LogP contribution in [-0.4, -0.2) is 70.0 Å². The van der Waals surface area contributed by atoms with E-state index in [1.807, 2.05) is 41.2 Å². The summed E-state index contributed by atoms with van der Waals surface area (Å²) in [5.74, 6) is 2.65. The van der Waals surface area contributed by atoms with Crippen molar-refractivity contribution in [1.82, 2.24) is 24.9 Å². The van der Waals surface area contributed by atoms with Gasteiger partial charge < -0.3 is 15.5 Å². The third-order valence-electron chi connectivity index (χ3n) is 7.78. The minimum absolute atomic E-state index is 0.605. The van der Waals surface area contributed by atoms with Gasteiger partial charge in [-0.25, -0.2) is 4.68 Å². The summed E-state index contributed by atoms with van der Waals surface area (Å²) in [4.78, 5) is 5.45. The molecule has 0 spiro atoms. The Labute approximate surface area is 197 Å². The van der Waals surface area contributed by atoms with E-state index in [-0.39, 0.29) is 0 Å². The summed E-state index contributed by atoms with van der Waals surface area (Å²) >= 11 is 5.58. The summed E-state index contributed by atoms with van der Waals surface area (Å²) in [5.41, 5.74) is 2.04. The molecule has 4 saturated heterocycles.